The SMILES string of the molecule is CN(C)Cc1cc(-c2ccc(N)cc2)oc1C(N)=O. The molecular formula is C14H17N3O2. The van der Waals surface area contributed by atoms with Crippen LogP contribution >= 0.6 is 0 Å². The van der Waals surface area contributed by atoms with Gasteiger partial charge in [0.15, 0.2) is 5.76 Å². The van der Waals surface area contributed by atoms with Crippen LogP contribution in [0.1, 0.15) is 16.1 Å². The van der Waals surface area contributed by atoms with Crippen LogP contribution in [-0.2, 0) is 6.54 Å². The Hall–Kier alpha value is -2.27. The highest BCUT2D eigenvalue weighted by atomic mass is 16.4. The molecule has 0 saturated carbocycles. The van der Waals surface area contributed by atoms with Crippen molar-refractivity contribution in [2.45, 2.75) is 6.54 Å². The first-order chi connectivity index (χ1) is 8.97. The van der Waals surface area contributed by atoms with Crippen LogP contribution in [0.25, 0.3) is 11.3 Å². The molecule has 2 rings (SSSR count). The molecule has 0 unspecified atom stereocenters. The summed E-state index contributed by atoms with van der Waals surface area (Å²) in [6.45, 7) is 0.594. The molecule has 0 atom stereocenters. The van der Waals surface area contributed by atoms with Gasteiger partial charge < -0.3 is 20.8 Å². The minimum Gasteiger partial charge on any atom is -0.451 e. The summed E-state index contributed by atoms with van der Waals surface area (Å²) in [7, 11) is 3.83. The van der Waals surface area contributed by atoms with Gasteiger partial charge in [-0.25, -0.2) is 0 Å². The number of hydrogen-bond acceptors (Lipinski definition) is 4. The largest absolute Gasteiger partial charge is 0.451 e. The van der Waals surface area contributed by atoms with E-state index in [1.807, 2.05) is 37.2 Å². The second-order valence-corrected chi connectivity index (χ2v) is 4.69. The maximum atomic E-state index is 11.4. The second kappa shape index (κ2) is 5.16. The molecule has 0 spiro atoms. The summed E-state index contributed by atoms with van der Waals surface area (Å²) >= 11 is 0. The number of nitrogen functional groups attached to an aromatic ring is 1. The van der Waals surface area contributed by atoms with E-state index in [4.69, 9.17) is 15.9 Å². The van der Waals surface area contributed by atoms with Gasteiger partial charge in [0.25, 0.3) is 5.91 Å². The summed E-state index contributed by atoms with van der Waals surface area (Å²) in [4.78, 5) is 13.3. The summed E-state index contributed by atoms with van der Waals surface area (Å²) in [5.41, 5.74) is 13.3. The Labute approximate surface area is 111 Å². The Bertz CT molecular complexity index is 585. The Morgan fingerprint density at radius 3 is 2.42 bits per heavy atom. The lowest BCUT2D eigenvalue weighted by atomic mass is 10.1. The lowest BCUT2D eigenvalue weighted by molar-refractivity contribution is 0.0972. The molecule has 0 saturated heterocycles. The van der Waals surface area contributed by atoms with Crippen LogP contribution < -0.4 is 11.5 Å². The predicted octanol–water partition coefficient (Wildman–Crippen LogP) is 1.69. The van der Waals surface area contributed by atoms with Gasteiger partial charge in [0.05, 0.1) is 0 Å². The summed E-state index contributed by atoms with van der Waals surface area (Å²) in [5.74, 6) is 0.268. The van der Waals surface area contributed by atoms with E-state index < -0.39 is 5.91 Å². The molecule has 1 aromatic carbocycles. The first-order valence-corrected chi connectivity index (χ1v) is 5.90. The van der Waals surface area contributed by atoms with Crippen molar-refractivity contribution in [2.75, 3.05) is 19.8 Å². The number of furan rings is 1. The molecule has 0 aliphatic carbocycles. The van der Waals surface area contributed by atoms with Gasteiger partial charge in [-0.3, -0.25) is 4.79 Å². The van der Waals surface area contributed by atoms with Gasteiger partial charge in [-0.2, -0.15) is 0 Å². The quantitative estimate of drug-likeness (QED) is 0.818. The maximum Gasteiger partial charge on any atom is 0.284 e. The summed E-state index contributed by atoms with van der Waals surface area (Å²) < 4.78 is 5.56. The lowest BCUT2D eigenvalue weighted by Gasteiger charge is -2.07. The van der Waals surface area contributed by atoms with Gasteiger partial charge in [-0.15, -0.1) is 0 Å². The van der Waals surface area contributed by atoms with Crippen molar-refractivity contribution >= 4 is 11.6 Å². The zero-order valence-electron chi connectivity index (χ0n) is 11.0. The number of anilines is 1. The minimum absolute atomic E-state index is 0.209. The molecule has 0 bridgehead atoms. The van der Waals surface area contributed by atoms with Crippen molar-refractivity contribution in [3.05, 3.63) is 41.7 Å². The number of carbonyl (C=O) groups is 1. The molecule has 0 fully saturated rings. The number of nitrogens with zero attached hydrogens (tertiary/aromatic N) is 1. The number of hydrogen-bond donors (Lipinski definition) is 2. The molecule has 0 aliphatic rings. The van der Waals surface area contributed by atoms with E-state index in [1.165, 1.54) is 0 Å². The van der Waals surface area contributed by atoms with E-state index in [1.54, 1.807) is 12.1 Å². The van der Waals surface area contributed by atoms with Crippen molar-refractivity contribution in [3.8, 4) is 11.3 Å². The van der Waals surface area contributed by atoms with Crippen molar-refractivity contribution < 1.29 is 9.21 Å². The maximum absolute atomic E-state index is 11.4. The third-order valence-electron chi connectivity index (χ3n) is 2.71. The Balaban J connectivity index is 2.42. The van der Waals surface area contributed by atoms with Crippen LogP contribution in [0, 0.1) is 0 Å². The van der Waals surface area contributed by atoms with Crippen LogP contribution in [0.15, 0.2) is 34.7 Å². The van der Waals surface area contributed by atoms with Crippen LogP contribution in [-0.4, -0.2) is 24.9 Å². The molecule has 4 N–H and O–H groups in total. The third-order valence-corrected chi connectivity index (χ3v) is 2.71. The van der Waals surface area contributed by atoms with E-state index in [0.717, 1.165) is 11.1 Å². The average Bonchev–Trinajstić information content (AvgIpc) is 2.73. The van der Waals surface area contributed by atoms with E-state index in [-0.39, 0.29) is 5.76 Å². The van der Waals surface area contributed by atoms with Gasteiger partial charge in [0.2, 0.25) is 0 Å². The molecule has 19 heavy (non-hydrogen) atoms. The number of primary amides is 1. The fourth-order valence-electron chi connectivity index (χ4n) is 1.89. The standard InChI is InChI=1S/C14H17N3O2/c1-17(2)8-10-7-12(19-13(10)14(16)18)9-3-5-11(15)6-4-9/h3-7H,8,15H2,1-2H3,(H2,16,18). The van der Waals surface area contributed by atoms with Crippen LogP contribution in [0.5, 0.6) is 0 Å². The summed E-state index contributed by atoms with van der Waals surface area (Å²) in [6.07, 6.45) is 0. The molecule has 5 nitrogen and oxygen atoms in total. The van der Waals surface area contributed by atoms with Crippen LogP contribution in [0.4, 0.5) is 5.69 Å². The second-order valence-electron chi connectivity index (χ2n) is 4.69. The zero-order chi connectivity index (χ0) is 14.0. The highest BCUT2D eigenvalue weighted by Gasteiger charge is 2.17. The Morgan fingerprint density at radius 2 is 1.89 bits per heavy atom. The molecule has 100 valence electrons. The fourth-order valence-corrected chi connectivity index (χ4v) is 1.89. The van der Waals surface area contributed by atoms with Gasteiger partial charge >= 0.3 is 0 Å². The molecule has 1 aromatic heterocycles. The predicted molar refractivity (Wildman–Crippen MR) is 74.5 cm³/mol. The normalized spacial score (nSPS) is 10.9. The first kappa shape index (κ1) is 13.2. The van der Waals surface area contributed by atoms with Crippen molar-refractivity contribution in [3.63, 3.8) is 0 Å². The Kier molecular flexibility index (Phi) is 3.57. The summed E-state index contributed by atoms with van der Waals surface area (Å²) in [6, 6.07) is 9.10. The average molecular weight is 259 g/mol. The number of benzene rings is 1. The lowest BCUT2D eigenvalue weighted by Crippen LogP contribution is -2.16. The molecule has 1 heterocycles. The van der Waals surface area contributed by atoms with Gasteiger partial charge in [-0.05, 0) is 44.4 Å². The number of carbonyl (C=O) groups excluding carboxylic acids is 1. The zero-order valence-corrected chi connectivity index (χ0v) is 11.0. The number of amides is 1. The fraction of sp³-hybridized carbons (Fsp3) is 0.214. The van der Waals surface area contributed by atoms with Crippen molar-refractivity contribution in [1.29, 1.82) is 0 Å². The van der Waals surface area contributed by atoms with Crippen molar-refractivity contribution in [1.82, 2.24) is 4.90 Å². The molecule has 0 radical (unpaired) electrons. The highest BCUT2D eigenvalue weighted by Crippen LogP contribution is 2.26. The topological polar surface area (TPSA) is 85.5 Å². The monoisotopic (exact) mass is 259 g/mol. The van der Waals surface area contributed by atoms with E-state index in [0.29, 0.717) is 18.0 Å². The van der Waals surface area contributed by atoms with Crippen LogP contribution in [0.2, 0.25) is 0 Å². The van der Waals surface area contributed by atoms with Gasteiger partial charge in [0, 0.05) is 23.4 Å². The molecule has 2 aromatic rings. The third kappa shape index (κ3) is 2.95. The van der Waals surface area contributed by atoms with Crippen LogP contribution in [0.3, 0.4) is 0 Å². The number of rotatable bonds is 4. The Morgan fingerprint density at radius 1 is 1.26 bits per heavy atom. The van der Waals surface area contributed by atoms with Gasteiger partial charge in [0.1, 0.15) is 5.76 Å². The molecule has 1 amide bonds. The van der Waals surface area contributed by atoms with E-state index >= 15 is 0 Å². The summed E-state index contributed by atoms with van der Waals surface area (Å²) in [5, 5.41) is 0. The first-order valence-electron chi connectivity index (χ1n) is 5.90. The smallest absolute Gasteiger partial charge is 0.284 e. The van der Waals surface area contributed by atoms with Gasteiger partial charge in [-0.1, -0.05) is 0 Å². The van der Waals surface area contributed by atoms with Crippen molar-refractivity contribution in [2.24, 2.45) is 5.73 Å². The minimum atomic E-state index is -0.557. The van der Waals surface area contributed by atoms with E-state index in [9.17, 15) is 4.79 Å². The number of nitrogens with two attached hydrogens (primary N) is 2. The van der Waals surface area contributed by atoms with E-state index in [2.05, 4.69) is 0 Å². The highest BCUT2D eigenvalue weighted by molar-refractivity contribution is 5.92. The molecule has 5 heteroatoms. The molecule has 0 aliphatic heterocycles. The molecular weight excluding hydrogens is 242 g/mol.